The van der Waals surface area contributed by atoms with E-state index in [1.165, 1.54) is 12.8 Å². The summed E-state index contributed by atoms with van der Waals surface area (Å²) in [7, 11) is 0. The highest BCUT2D eigenvalue weighted by Crippen LogP contribution is 2.25. The average molecular weight is 236 g/mol. The SMILES string of the molecule is Clc1cccn2c(C3CCCNC3)ncc12. The standard InChI is InChI=1S/C12H14ClN3/c13-10-4-2-6-16-11(10)8-15-12(16)9-3-1-5-14-7-9/h2,4,6,8-9,14H,1,3,5,7H2. The molecule has 1 N–H and O–H groups in total. The number of imidazole rings is 1. The fourth-order valence-electron chi connectivity index (χ4n) is 2.38. The van der Waals surface area contributed by atoms with E-state index in [1.807, 2.05) is 24.5 Å². The second kappa shape index (κ2) is 4.07. The summed E-state index contributed by atoms with van der Waals surface area (Å²) in [6.07, 6.45) is 6.34. The fraction of sp³-hybridized carbons (Fsp3) is 0.417. The number of hydrogen-bond acceptors (Lipinski definition) is 2. The Morgan fingerprint density at radius 1 is 1.50 bits per heavy atom. The molecule has 4 heteroatoms. The maximum Gasteiger partial charge on any atom is 0.117 e. The Hall–Kier alpha value is -1.06. The van der Waals surface area contributed by atoms with Crippen LogP contribution in [0.25, 0.3) is 5.52 Å². The second-order valence-corrected chi connectivity index (χ2v) is 4.68. The third-order valence-electron chi connectivity index (χ3n) is 3.21. The third-order valence-corrected chi connectivity index (χ3v) is 3.53. The van der Waals surface area contributed by atoms with E-state index >= 15 is 0 Å². The Morgan fingerprint density at radius 2 is 2.44 bits per heavy atom. The summed E-state index contributed by atoms with van der Waals surface area (Å²) in [5, 5.41) is 4.18. The average Bonchev–Trinajstić information content (AvgIpc) is 2.75. The summed E-state index contributed by atoms with van der Waals surface area (Å²) in [5.41, 5.74) is 1.00. The van der Waals surface area contributed by atoms with Crippen LogP contribution in [0.2, 0.25) is 5.02 Å². The van der Waals surface area contributed by atoms with Gasteiger partial charge in [0.2, 0.25) is 0 Å². The van der Waals surface area contributed by atoms with Crippen molar-refractivity contribution >= 4 is 17.1 Å². The first-order valence-corrected chi connectivity index (χ1v) is 6.06. The van der Waals surface area contributed by atoms with Crippen molar-refractivity contribution in [2.45, 2.75) is 18.8 Å². The molecular formula is C12H14ClN3. The highest BCUT2D eigenvalue weighted by molar-refractivity contribution is 6.33. The van der Waals surface area contributed by atoms with E-state index in [0.29, 0.717) is 5.92 Å². The number of halogens is 1. The van der Waals surface area contributed by atoms with Crippen LogP contribution >= 0.6 is 11.6 Å². The summed E-state index contributed by atoms with van der Waals surface area (Å²) in [5.74, 6) is 1.64. The molecule has 0 aliphatic carbocycles. The molecule has 1 atom stereocenters. The molecule has 1 aliphatic heterocycles. The molecule has 2 aromatic heterocycles. The topological polar surface area (TPSA) is 29.3 Å². The van der Waals surface area contributed by atoms with Crippen LogP contribution in [0.5, 0.6) is 0 Å². The van der Waals surface area contributed by atoms with Crippen molar-refractivity contribution in [3.05, 3.63) is 35.4 Å². The first-order valence-electron chi connectivity index (χ1n) is 5.68. The second-order valence-electron chi connectivity index (χ2n) is 4.27. The van der Waals surface area contributed by atoms with Gasteiger partial charge < -0.3 is 9.72 Å². The molecule has 1 saturated heterocycles. The number of aromatic nitrogens is 2. The van der Waals surface area contributed by atoms with Crippen LogP contribution < -0.4 is 5.32 Å². The van der Waals surface area contributed by atoms with Crippen molar-refractivity contribution in [3.8, 4) is 0 Å². The number of nitrogens with zero attached hydrogens (tertiary/aromatic N) is 2. The van der Waals surface area contributed by atoms with Gasteiger partial charge in [-0.3, -0.25) is 0 Å². The van der Waals surface area contributed by atoms with Gasteiger partial charge in [-0.25, -0.2) is 4.98 Å². The summed E-state index contributed by atoms with van der Waals surface area (Å²) in [4.78, 5) is 4.52. The maximum absolute atomic E-state index is 6.13. The van der Waals surface area contributed by atoms with Gasteiger partial charge in [0.05, 0.1) is 16.7 Å². The first kappa shape index (κ1) is 10.1. The van der Waals surface area contributed by atoms with Crippen LogP contribution in [0.4, 0.5) is 0 Å². The Bertz CT molecular complexity index is 500. The van der Waals surface area contributed by atoms with Crippen LogP contribution in [0, 0.1) is 0 Å². The van der Waals surface area contributed by atoms with Crippen molar-refractivity contribution < 1.29 is 0 Å². The molecule has 1 aliphatic rings. The summed E-state index contributed by atoms with van der Waals surface area (Å²) in [6, 6.07) is 3.87. The summed E-state index contributed by atoms with van der Waals surface area (Å²) in [6.45, 7) is 2.15. The van der Waals surface area contributed by atoms with Crippen molar-refractivity contribution in [2.75, 3.05) is 13.1 Å². The molecule has 1 fully saturated rings. The Labute approximate surface area is 99.4 Å². The molecule has 0 saturated carbocycles. The molecule has 0 radical (unpaired) electrons. The van der Waals surface area contributed by atoms with E-state index in [0.717, 1.165) is 29.5 Å². The number of pyridine rings is 1. The van der Waals surface area contributed by atoms with E-state index in [-0.39, 0.29) is 0 Å². The monoisotopic (exact) mass is 235 g/mol. The molecule has 0 spiro atoms. The van der Waals surface area contributed by atoms with Crippen molar-refractivity contribution in [3.63, 3.8) is 0 Å². The predicted molar refractivity (Wildman–Crippen MR) is 65.0 cm³/mol. The van der Waals surface area contributed by atoms with Gasteiger partial charge in [-0.2, -0.15) is 0 Å². The van der Waals surface area contributed by atoms with Crippen molar-refractivity contribution in [2.24, 2.45) is 0 Å². The van der Waals surface area contributed by atoms with Crippen molar-refractivity contribution in [1.29, 1.82) is 0 Å². The van der Waals surface area contributed by atoms with E-state index in [1.54, 1.807) is 0 Å². The molecule has 84 valence electrons. The number of piperidine rings is 1. The third kappa shape index (κ3) is 1.60. The van der Waals surface area contributed by atoms with Crippen LogP contribution in [0.1, 0.15) is 24.6 Å². The van der Waals surface area contributed by atoms with E-state index in [2.05, 4.69) is 14.7 Å². The van der Waals surface area contributed by atoms with E-state index < -0.39 is 0 Å². The predicted octanol–water partition coefficient (Wildman–Crippen LogP) is 2.45. The number of fused-ring (bicyclic) bond motifs is 1. The number of rotatable bonds is 1. The summed E-state index contributed by atoms with van der Waals surface area (Å²) < 4.78 is 2.11. The molecule has 3 rings (SSSR count). The minimum atomic E-state index is 0.509. The number of hydrogen-bond donors (Lipinski definition) is 1. The lowest BCUT2D eigenvalue weighted by atomic mass is 9.99. The Balaban J connectivity index is 2.06. The van der Waals surface area contributed by atoms with Crippen molar-refractivity contribution in [1.82, 2.24) is 14.7 Å². The lowest BCUT2D eigenvalue weighted by Crippen LogP contribution is -2.29. The molecule has 16 heavy (non-hydrogen) atoms. The van der Waals surface area contributed by atoms with Gasteiger partial charge in [-0.1, -0.05) is 11.6 Å². The minimum Gasteiger partial charge on any atom is -0.316 e. The lowest BCUT2D eigenvalue weighted by Gasteiger charge is -2.21. The van der Waals surface area contributed by atoms with E-state index in [9.17, 15) is 0 Å². The zero-order valence-electron chi connectivity index (χ0n) is 8.99. The zero-order valence-corrected chi connectivity index (χ0v) is 9.74. The minimum absolute atomic E-state index is 0.509. The van der Waals surface area contributed by atoms with Crippen LogP contribution in [-0.2, 0) is 0 Å². The molecule has 3 heterocycles. The van der Waals surface area contributed by atoms with Crippen LogP contribution in [0.15, 0.2) is 24.5 Å². The van der Waals surface area contributed by atoms with Gasteiger partial charge in [0.1, 0.15) is 5.82 Å². The smallest absolute Gasteiger partial charge is 0.117 e. The van der Waals surface area contributed by atoms with Crippen LogP contribution in [-0.4, -0.2) is 22.5 Å². The fourth-order valence-corrected chi connectivity index (χ4v) is 2.59. The molecule has 0 amide bonds. The van der Waals surface area contributed by atoms with Crippen LogP contribution in [0.3, 0.4) is 0 Å². The number of nitrogens with one attached hydrogen (secondary N) is 1. The Morgan fingerprint density at radius 3 is 3.25 bits per heavy atom. The Kier molecular flexibility index (Phi) is 2.58. The molecule has 3 nitrogen and oxygen atoms in total. The molecular weight excluding hydrogens is 222 g/mol. The van der Waals surface area contributed by atoms with Gasteiger partial charge in [0, 0.05) is 18.7 Å². The summed E-state index contributed by atoms with van der Waals surface area (Å²) >= 11 is 6.13. The quantitative estimate of drug-likeness (QED) is 0.823. The first-order chi connectivity index (χ1) is 7.86. The van der Waals surface area contributed by atoms with Gasteiger partial charge in [0.25, 0.3) is 0 Å². The largest absolute Gasteiger partial charge is 0.316 e. The highest BCUT2D eigenvalue weighted by atomic mass is 35.5. The van der Waals surface area contributed by atoms with Gasteiger partial charge in [-0.05, 0) is 31.5 Å². The highest BCUT2D eigenvalue weighted by Gasteiger charge is 2.19. The normalized spacial score (nSPS) is 21.4. The van der Waals surface area contributed by atoms with E-state index in [4.69, 9.17) is 11.6 Å². The van der Waals surface area contributed by atoms with Gasteiger partial charge >= 0.3 is 0 Å². The maximum atomic E-state index is 6.13. The zero-order chi connectivity index (χ0) is 11.0. The molecule has 1 unspecified atom stereocenters. The molecule has 2 aromatic rings. The molecule has 0 bridgehead atoms. The van der Waals surface area contributed by atoms with Gasteiger partial charge in [0.15, 0.2) is 0 Å². The molecule has 0 aromatic carbocycles. The lowest BCUT2D eigenvalue weighted by molar-refractivity contribution is 0.445. The van der Waals surface area contributed by atoms with Gasteiger partial charge in [-0.15, -0.1) is 0 Å².